The number of rotatable bonds is 6. The highest BCUT2D eigenvalue weighted by molar-refractivity contribution is 6.33. The fourth-order valence-corrected chi connectivity index (χ4v) is 2.75. The lowest BCUT2D eigenvalue weighted by Gasteiger charge is -2.16. The third-order valence-corrected chi connectivity index (χ3v) is 4.75. The van der Waals surface area contributed by atoms with Gasteiger partial charge in [-0.25, -0.2) is 4.79 Å². The van der Waals surface area contributed by atoms with Crippen molar-refractivity contribution in [3.05, 3.63) is 57.1 Å². The van der Waals surface area contributed by atoms with E-state index in [0.29, 0.717) is 16.5 Å². The summed E-state index contributed by atoms with van der Waals surface area (Å²) in [6.45, 7) is 7.32. The topological polar surface area (TPSA) is 64.6 Å². The Morgan fingerprint density at radius 1 is 1.11 bits per heavy atom. The number of anilines is 1. The second-order valence-corrected chi connectivity index (χ2v) is 6.82. The van der Waals surface area contributed by atoms with Gasteiger partial charge in [-0.15, -0.1) is 0 Å². The van der Waals surface area contributed by atoms with E-state index in [1.54, 1.807) is 32.0 Å². The number of aryl methyl sites for hydroxylation is 2. The fourth-order valence-electron chi connectivity index (χ4n) is 2.44. The number of carbonyl (C=O) groups is 2. The monoisotopic (exact) mass is 409 g/mol. The molecule has 1 amide bonds. The van der Waals surface area contributed by atoms with Crippen LogP contribution in [-0.2, 0) is 9.53 Å². The second kappa shape index (κ2) is 9.11. The van der Waals surface area contributed by atoms with Gasteiger partial charge >= 0.3 is 5.97 Å². The predicted molar refractivity (Wildman–Crippen MR) is 107 cm³/mol. The Hall–Kier alpha value is -2.24. The molecule has 27 heavy (non-hydrogen) atoms. The minimum absolute atomic E-state index is 0.189. The molecule has 0 aromatic heterocycles. The molecule has 2 rings (SSSR count). The molecule has 2 aromatic carbocycles. The van der Waals surface area contributed by atoms with Crippen molar-refractivity contribution < 1.29 is 19.1 Å². The maximum atomic E-state index is 12.4. The average Bonchev–Trinajstić information content (AvgIpc) is 2.61. The maximum absolute atomic E-state index is 12.4. The Morgan fingerprint density at radius 2 is 1.74 bits per heavy atom. The number of benzene rings is 2. The van der Waals surface area contributed by atoms with Gasteiger partial charge < -0.3 is 14.8 Å². The Morgan fingerprint density at radius 3 is 2.33 bits per heavy atom. The van der Waals surface area contributed by atoms with Crippen molar-refractivity contribution in [3.63, 3.8) is 0 Å². The molecule has 7 heteroatoms. The van der Waals surface area contributed by atoms with E-state index in [1.165, 1.54) is 12.1 Å². The minimum atomic E-state index is -0.758. The minimum Gasteiger partial charge on any atom is -0.481 e. The zero-order valence-corrected chi connectivity index (χ0v) is 17.1. The highest BCUT2D eigenvalue weighted by Crippen LogP contribution is 2.27. The first-order chi connectivity index (χ1) is 12.7. The number of hydrogen-bond donors (Lipinski definition) is 1. The molecule has 0 aliphatic rings. The second-order valence-electron chi connectivity index (χ2n) is 6.04. The Kier molecular flexibility index (Phi) is 7.11. The van der Waals surface area contributed by atoms with Crippen LogP contribution in [0, 0.1) is 13.8 Å². The molecular formula is C20H21Cl2NO4. The van der Waals surface area contributed by atoms with Crippen molar-refractivity contribution in [2.75, 3.05) is 11.9 Å². The van der Waals surface area contributed by atoms with Crippen LogP contribution in [0.1, 0.15) is 35.3 Å². The molecule has 0 heterocycles. The zero-order valence-electron chi connectivity index (χ0n) is 15.6. The number of amides is 1. The third kappa shape index (κ3) is 5.37. The quantitative estimate of drug-likeness (QED) is 0.666. The first kappa shape index (κ1) is 21.1. The van der Waals surface area contributed by atoms with Gasteiger partial charge in [-0.2, -0.15) is 0 Å². The number of nitrogens with one attached hydrogen (secondary N) is 1. The molecule has 1 atom stereocenters. The molecule has 1 N–H and O–H groups in total. The van der Waals surface area contributed by atoms with Gasteiger partial charge in [0.1, 0.15) is 5.75 Å². The van der Waals surface area contributed by atoms with Gasteiger partial charge in [0.15, 0.2) is 6.10 Å². The summed E-state index contributed by atoms with van der Waals surface area (Å²) in [5.74, 6) is -0.354. The van der Waals surface area contributed by atoms with Gasteiger partial charge in [-0.1, -0.05) is 23.2 Å². The lowest BCUT2D eigenvalue weighted by atomic mass is 10.1. The normalized spacial score (nSPS) is 11.6. The van der Waals surface area contributed by atoms with E-state index in [-0.39, 0.29) is 23.1 Å². The molecule has 0 fully saturated rings. The van der Waals surface area contributed by atoms with Crippen LogP contribution in [-0.4, -0.2) is 24.6 Å². The predicted octanol–water partition coefficient (Wildman–Crippen LogP) is 5.19. The molecule has 0 bridgehead atoms. The summed E-state index contributed by atoms with van der Waals surface area (Å²) >= 11 is 12.2. The van der Waals surface area contributed by atoms with Crippen LogP contribution in [0.5, 0.6) is 5.75 Å². The van der Waals surface area contributed by atoms with E-state index in [1.807, 2.05) is 13.8 Å². The van der Waals surface area contributed by atoms with Gasteiger partial charge in [0, 0.05) is 10.7 Å². The summed E-state index contributed by atoms with van der Waals surface area (Å²) in [6.07, 6.45) is -0.758. The van der Waals surface area contributed by atoms with E-state index < -0.39 is 12.1 Å². The Balaban J connectivity index is 2.10. The first-order valence-electron chi connectivity index (χ1n) is 8.43. The number of halogens is 2. The molecule has 5 nitrogen and oxygen atoms in total. The van der Waals surface area contributed by atoms with Gasteiger partial charge in [-0.05, 0) is 69.2 Å². The van der Waals surface area contributed by atoms with Crippen molar-refractivity contribution in [2.24, 2.45) is 0 Å². The van der Waals surface area contributed by atoms with Crippen LogP contribution in [0.3, 0.4) is 0 Å². The fraction of sp³-hybridized carbons (Fsp3) is 0.300. The number of esters is 1. The molecule has 0 saturated carbocycles. The van der Waals surface area contributed by atoms with Crippen LogP contribution in [0.2, 0.25) is 10.0 Å². The molecular weight excluding hydrogens is 389 g/mol. The molecule has 2 aromatic rings. The lowest BCUT2D eigenvalue weighted by molar-refractivity contribution is -0.122. The largest absolute Gasteiger partial charge is 0.481 e. The summed E-state index contributed by atoms with van der Waals surface area (Å²) in [6, 6.07) is 8.16. The van der Waals surface area contributed by atoms with Crippen molar-refractivity contribution in [1.29, 1.82) is 0 Å². The van der Waals surface area contributed by atoms with E-state index in [2.05, 4.69) is 5.32 Å². The van der Waals surface area contributed by atoms with Crippen LogP contribution in [0.25, 0.3) is 0 Å². The number of hydrogen-bond acceptors (Lipinski definition) is 4. The van der Waals surface area contributed by atoms with Gasteiger partial charge in [0.05, 0.1) is 17.2 Å². The van der Waals surface area contributed by atoms with Crippen LogP contribution < -0.4 is 10.1 Å². The van der Waals surface area contributed by atoms with Crippen molar-refractivity contribution in [1.82, 2.24) is 0 Å². The number of carbonyl (C=O) groups excluding carboxylic acids is 2. The number of ether oxygens (including phenoxy) is 2. The standard InChI is InChI=1S/C20H21Cl2NO4/c1-5-26-20(25)16-10-14(6-7-17(16)21)23-19(24)13(4)27-15-8-11(2)18(22)12(3)9-15/h6-10,13H,5H2,1-4H3,(H,23,24)/t13-/m1/s1. The molecule has 0 radical (unpaired) electrons. The first-order valence-corrected chi connectivity index (χ1v) is 9.19. The van der Waals surface area contributed by atoms with Crippen LogP contribution in [0.4, 0.5) is 5.69 Å². The molecule has 0 aliphatic carbocycles. The van der Waals surface area contributed by atoms with E-state index in [0.717, 1.165) is 11.1 Å². The van der Waals surface area contributed by atoms with Crippen molar-refractivity contribution in [2.45, 2.75) is 33.8 Å². The smallest absolute Gasteiger partial charge is 0.339 e. The summed E-state index contributed by atoms with van der Waals surface area (Å²) in [5.41, 5.74) is 2.35. The lowest BCUT2D eigenvalue weighted by Crippen LogP contribution is -2.30. The van der Waals surface area contributed by atoms with Crippen LogP contribution in [0.15, 0.2) is 30.3 Å². The molecule has 0 saturated heterocycles. The SMILES string of the molecule is CCOC(=O)c1cc(NC(=O)[C@@H](C)Oc2cc(C)c(Cl)c(C)c2)ccc1Cl. The van der Waals surface area contributed by atoms with Crippen molar-refractivity contribution in [3.8, 4) is 5.75 Å². The van der Waals surface area contributed by atoms with Gasteiger partial charge in [0.25, 0.3) is 5.91 Å². The molecule has 0 spiro atoms. The Bertz CT molecular complexity index is 844. The van der Waals surface area contributed by atoms with E-state index >= 15 is 0 Å². The molecule has 144 valence electrons. The highest BCUT2D eigenvalue weighted by Gasteiger charge is 2.18. The summed E-state index contributed by atoms with van der Waals surface area (Å²) in [7, 11) is 0. The van der Waals surface area contributed by atoms with E-state index in [4.69, 9.17) is 32.7 Å². The molecule has 0 aliphatic heterocycles. The van der Waals surface area contributed by atoms with E-state index in [9.17, 15) is 9.59 Å². The summed E-state index contributed by atoms with van der Waals surface area (Å²) < 4.78 is 10.7. The summed E-state index contributed by atoms with van der Waals surface area (Å²) in [4.78, 5) is 24.3. The molecule has 0 unspecified atom stereocenters. The third-order valence-electron chi connectivity index (χ3n) is 3.82. The summed E-state index contributed by atoms with van der Waals surface area (Å²) in [5, 5.41) is 3.64. The van der Waals surface area contributed by atoms with Gasteiger partial charge in [-0.3, -0.25) is 4.79 Å². The van der Waals surface area contributed by atoms with Gasteiger partial charge in [0.2, 0.25) is 0 Å². The zero-order chi connectivity index (χ0) is 20.1. The Labute approximate surface area is 168 Å². The van der Waals surface area contributed by atoms with Crippen LogP contribution >= 0.6 is 23.2 Å². The average molecular weight is 410 g/mol. The highest BCUT2D eigenvalue weighted by atomic mass is 35.5. The van der Waals surface area contributed by atoms with Crippen molar-refractivity contribution >= 4 is 40.8 Å². The maximum Gasteiger partial charge on any atom is 0.339 e.